The summed E-state index contributed by atoms with van der Waals surface area (Å²) in [5, 5.41) is 14.7. The summed E-state index contributed by atoms with van der Waals surface area (Å²) in [5.74, 6) is 0.554. The second kappa shape index (κ2) is 8.13. The quantitative estimate of drug-likeness (QED) is 0.300. The number of benzene rings is 3. The highest BCUT2D eigenvalue weighted by atomic mass is 16.6. The molecule has 0 radical (unpaired) electrons. The van der Waals surface area contributed by atoms with Crippen LogP contribution in [0.2, 0.25) is 0 Å². The standard InChI is InChI=1S/C28H25N3O3/c32-28(30-16-4-6-18-5-1-2-9-26(18)30)20-12-15-25-24(17-20)22-7-3-8-23(22)27(29-25)19-10-13-21(14-11-19)31(33)34/h1-3,5,7,9-15,17,22-23,27,29H,4,6,8,16H2/t22-,23+,27+/m1/s1. The number of fused-ring (bicyclic) bond motifs is 4. The molecule has 0 unspecified atom stereocenters. The number of nitro groups is 1. The van der Waals surface area contributed by atoms with Crippen molar-refractivity contribution in [1.29, 1.82) is 0 Å². The van der Waals surface area contributed by atoms with Gasteiger partial charge < -0.3 is 10.2 Å². The lowest BCUT2D eigenvalue weighted by molar-refractivity contribution is -0.384. The molecule has 0 aromatic heterocycles. The first-order chi connectivity index (χ1) is 16.6. The van der Waals surface area contributed by atoms with Gasteiger partial charge in [-0.15, -0.1) is 0 Å². The van der Waals surface area contributed by atoms with Crippen LogP contribution in [-0.4, -0.2) is 17.4 Å². The number of carbonyl (C=O) groups excluding carboxylic acids is 1. The molecular weight excluding hydrogens is 426 g/mol. The zero-order valence-electron chi connectivity index (χ0n) is 18.7. The molecule has 6 heteroatoms. The third-order valence-electron chi connectivity index (χ3n) is 7.43. The Kier molecular flexibility index (Phi) is 4.94. The molecule has 2 heterocycles. The topological polar surface area (TPSA) is 75.5 Å². The summed E-state index contributed by atoms with van der Waals surface area (Å²) < 4.78 is 0. The number of aryl methyl sites for hydroxylation is 1. The van der Waals surface area contributed by atoms with Crippen LogP contribution < -0.4 is 10.2 Å². The van der Waals surface area contributed by atoms with Crippen LogP contribution in [0.1, 0.15) is 51.8 Å². The number of carbonyl (C=O) groups is 1. The number of rotatable bonds is 3. The van der Waals surface area contributed by atoms with E-state index in [1.165, 1.54) is 5.56 Å². The van der Waals surface area contributed by atoms with Crippen LogP contribution in [0, 0.1) is 16.0 Å². The van der Waals surface area contributed by atoms with Crippen LogP contribution in [-0.2, 0) is 6.42 Å². The van der Waals surface area contributed by atoms with Crippen molar-refractivity contribution in [2.45, 2.75) is 31.2 Å². The summed E-state index contributed by atoms with van der Waals surface area (Å²) in [6, 6.07) is 21.1. The maximum atomic E-state index is 13.5. The Morgan fingerprint density at radius 1 is 1.06 bits per heavy atom. The summed E-state index contributed by atoms with van der Waals surface area (Å²) in [5.41, 5.74) is 6.27. The van der Waals surface area contributed by atoms with Gasteiger partial charge in [-0.3, -0.25) is 14.9 Å². The molecular formula is C28H25N3O3. The SMILES string of the molecule is O=C(c1ccc2c(c1)[C@@H]1C=CC[C@@H]1[C@H](c1ccc([N+](=O)[O-])cc1)N2)N1CCCc2ccccc21. The number of amides is 1. The molecule has 3 atom stereocenters. The Morgan fingerprint density at radius 3 is 2.71 bits per heavy atom. The molecule has 0 bridgehead atoms. The lowest BCUT2D eigenvalue weighted by atomic mass is 9.76. The van der Waals surface area contributed by atoms with E-state index in [4.69, 9.17) is 0 Å². The van der Waals surface area contributed by atoms with E-state index >= 15 is 0 Å². The van der Waals surface area contributed by atoms with Gasteiger partial charge in [0, 0.05) is 41.5 Å². The number of hydrogen-bond donors (Lipinski definition) is 1. The Bertz CT molecular complexity index is 1310. The monoisotopic (exact) mass is 451 g/mol. The van der Waals surface area contributed by atoms with E-state index in [9.17, 15) is 14.9 Å². The van der Waals surface area contributed by atoms with E-state index in [1.807, 2.05) is 47.4 Å². The van der Waals surface area contributed by atoms with E-state index in [0.29, 0.717) is 11.5 Å². The van der Waals surface area contributed by atoms with Gasteiger partial charge >= 0.3 is 0 Å². The molecule has 6 rings (SSSR count). The zero-order chi connectivity index (χ0) is 23.2. The molecule has 3 aromatic rings. The summed E-state index contributed by atoms with van der Waals surface area (Å²) in [7, 11) is 0. The highest BCUT2D eigenvalue weighted by Gasteiger charge is 2.38. The maximum absolute atomic E-state index is 13.5. The largest absolute Gasteiger partial charge is 0.378 e. The molecule has 0 saturated heterocycles. The van der Waals surface area contributed by atoms with E-state index in [-0.39, 0.29) is 28.5 Å². The minimum Gasteiger partial charge on any atom is -0.378 e. The molecule has 170 valence electrons. The second-order valence-electron chi connectivity index (χ2n) is 9.32. The molecule has 0 saturated carbocycles. The minimum absolute atomic E-state index is 0.0472. The number of nitrogens with one attached hydrogen (secondary N) is 1. The fourth-order valence-corrected chi connectivity index (χ4v) is 5.76. The van der Waals surface area contributed by atoms with E-state index < -0.39 is 0 Å². The molecule has 0 fully saturated rings. The predicted octanol–water partition coefficient (Wildman–Crippen LogP) is 6.01. The number of non-ortho nitro benzene ring substituents is 1. The first-order valence-corrected chi connectivity index (χ1v) is 11.8. The highest BCUT2D eigenvalue weighted by molar-refractivity contribution is 6.07. The summed E-state index contributed by atoms with van der Waals surface area (Å²) in [6.45, 7) is 0.735. The third kappa shape index (κ3) is 3.37. The smallest absolute Gasteiger partial charge is 0.269 e. The number of para-hydroxylation sites is 1. The van der Waals surface area contributed by atoms with Crippen molar-refractivity contribution in [1.82, 2.24) is 0 Å². The number of hydrogen-bond acceptors (Lipinski definition) is 4. The molecule has 0 spiro atoms. The molecule has 1 amide bonds. The van der Waals surface area contributed by atoms with Crippen LogP contribution in [0.5, 0.6) is 0 Å². The fraction of sp³-hybridized carbons (Fsp3) is 0.250. The van der Waals surface area contributed by atoms with Gasteiger partial charge in [-0.05, 0) is 66.1 Å². The van der Waals surface area contributed by atoms with E-state index in [2.05, 4.69) is 29.6 Å². The molecule has 3 aliphatic rings. The maximum Gasteiger partial charge on any atom is 0.269 e. The molecule has 1 aliphatic carbocycles. The van der Waals surface area contributed by atoms with Crippen LogP contribution in [0.15, 0.2) is 78.9 Å². The van der Waals surface area contributed by atoms with Gasteiger partial charge in [0.25, 0.3) is 11.6 Å². The van der Waals surface area contributed by atoms with Crippen LogP contribution in [0.3, 0.4) is 0 Å². The van der Waals surface area contributed by atoms with Crippen molar-refractivity contribution in [2.24, 2.45) is 5.92 Å². The first-order valence-electron chi connectivity index (χ1n) is 11.8. The Balaban J connectivity index is 1.32. The number of anilines is 2. The Hall–Kier alpha value is -3.93. The molecule has 3 aromatic carbocycles. The van der Waals surface area contributed by atoms with Gasteiger partial charge in [0.05, 0.1) is 11.0 Å². The van der Waals surface area contributed by atoms with Gasteiger partial charge in [0.2, 0.25) is 0 Å². The van der Waals surface area contributed by atoms with Gasteiger partial charge in [-0.25, -0.2) is 0 Å². The number of allylic oxidation sites excluding steroid dienone is 2. The minimum atomic E-state index is -0.368. The van der Waals surface area contributed by atoms with Crippen molar-refractivity contribution < 1.29 is 9.72 Å². The summed E-state index contributed by atoms with van der Waals surface area (Å²) in [6.07, 6.45) is 7.36. The van der Waals surface area contributed by atoms with Crippen molar-refractivity contribution in [3.05, 3.63) is 111 Å². The Morgan fingerprint density at radius 2 is 1.88 bits per heavy atom. The molecule has 6 nitrogen and oxygen atoms in total. The van der Waals surface area contributed by atoms with Crippen LogP contribution >= 0.6 is 0 Å². The number of nitro benzene ring substituents is 1. The normalized spacial score (nSPS) is 22.4. The molecule has 34 heavy (non-hydrogen) atoms. The average molecular weight is 452 g/mol. The van der Waals surface area contributed by atoms with Crippen molar-refractivity contribution >= 4 is 23.0 Å². The average Bonchev–Trinajstić information content (AvgIpc) is 3.38. The summed E-state index contributed by atoms with van der Waals surface area (Å²) >= 11 is 0. The molecule has 2 aliphatic heterocycles. The van der Waals surface area contributed by atoms with Crippen LogP contribution in [0.4, 0.5) is 17.1 Å². The first kappa shape index (κ1) is 20.7. The van der Waals surface area contributed by atoms with Gasteiger partial charge in [-0.1, -0.05) is 42.5 Å². The van der Waals surface area contributed by atoms with Gasteiger partial charge in [-0.2, -0.15) is 0 Å². The number of nitrogens with zero attached hydrogens (tertiary/aromatic N) is 2. The van der Waals surface area contributed by atoms with Gasteiger partial charge in [0.1, 0.15) is 0 Å². The van der Waals surface area contributed by atoms with Gasteiger partial charge in [0.15, 0.2) is 0 Å². The predicted molar refractivity (Wildman–Crippen MR) is 132 cm³/mol. The lowest BCUT2D eigenvalue weighted by Gasteiger charge is -2.38. The van der Waals surface area contributed by atoms with E-state index in [1.54, 1.807) is 12.1 Å². The molecule has 1 N–H and O–H groups in total. The summed E-state index contributed by atoms with van der Waals surface area (Å²) in [4.78, 5) is 26.1. The van der Waals surface area contributed by atoms with Crippen molar-refractivity contribution in [3.63, 3.8) is 0 Å². The second-order valence-corrected chi connectivity index (χ2v) is 9.32. The highest BCUT2D eigenvalue weighted by Crippen LogP contribution is 2.50. The van der Waals surface area contributed by atoms with Crippen molar-refractivity contribution in [3.8, 4) is 0 Å². The fourth-order valence-electron chi connectivity index (χ4n) is 5.76. The third-order valence-corrected chi connectivity index (χ3v) is 7.43. The van der Waals surface area contributed by atoms with Crippen molar-refractivity contribution in [2.75, 3.05) is 16.8 Å². The van der Waals surface area contributed by atoms with E-state index in [0.717, 1.165) is 48.3 Å². The lowest BCUT2D eigenvalue weighted by Crippen LogP contribution is -2.36. The zero-order valence-corrected chi connectivity index (χ0v) is 18.7. The Labute approximate surface area is 198 Å². The van der Waals surface area contributed by atoms with Crippen LogP contribution in [0.25, 0.3) is 0 Å².